The van der Waals surface area contributed by atoms with Crippen LogP contribution < -0.4 is 9.47 Å². The van der Waals surface area contributed by atoms with Crippen LogP contribution in [0.4, 0.5) is 0 Å². The summed E-state index contributed by atoms with van der Waals surface area (Å²) in [4.78, 5) is 0.751. The normalized spacial score (nSPS) is 15.8. The Labute approximate surface area is 87.3 Å². The first kappa shape index (κ1) is 9.18. The number of hydrogen-bond acceptors (Lipinski definition) is 3. The van der Waals surface area contributed by atoms with E-state index in [1.54, 1.807) is 18.2 Å². The number of benzene rings is 1. The van der Waals surface area contributed by atoms with E-state index in [2.05, 4.69) is 15.9 Å². The Bertz CT molecular complexity index is 318. The second-order valence-electron chi connectivity index (χ2n) is 2.47. The van der Waals surface area contributed by atoms with Gasteiger partial charge in [-0.15, -0.1) is 0 Å². The van der Waals surface area contributed by atoms with Gasteiger partial charge < -0.3 is 14.0 Å². The van der Waals surface area contributed by atoms with E-state index in [1.807, 2.05) is 0 Å². The minimum Gasteiger partial charge on any atom is -0.611 e. The van der Waals surface area contributed by atoms with Crippen molar-refractivity contribution >= 4 is 27.1 Å². The molecule has 1 aliphatic heterocycles. The summed E-state index contributed by atoms with van der Waals surface area (Å²) in [5.41, 5.74) is 0. The second kappa shape index (κ2) is 3.77. The Hall–Kier alpha value is -0.390. The van der Waals surface area contributed by atoms with Gasteiger partial charge in [-0.1, -0.05) is 0 Å². The number of ether oxygens (including phenoxy) is 2. The molecular formula is C8H7BrO3S. The quantitative estimate of drug-likeness (QED) is 0.604. The molecule has 13 heavy (non-hydrogen) atoms. The summed E-state index contributed by atoms with van der Waals surface area (Å²) in [5, 5.41) is 0. The zero-order valence-corrected chi connectivity index (χ0v) is 9.06. The van der Waals surface area contributed by atoms with Crippen molar-refractivity contribution < 1.29 is 14.0 Å². The zero-order valence-electron chi connectivity index (χ0n) is 6.66. The predicted octanol–water partition coefficient (Wildman–Crippen LogP) is 1.88. The summed E-state index contributed by atoms with van der Waals surface area (Å²) in [6.07, 6.45) is 0. The first-order valence-corrected chi connectivity index (χ1v) is 6.09. The van der Waals surface area contributed by atoms with Gasteiger partial charge in [-0.05, 0) is 39.2 Å². The van der Waals surface area contributed by atoms with Crippen LogP contribution in [0.15, 0.2) is 23.1 Å². The first-order valence-electron chi connectivity index (χ1n) is 3.65. The van der Waals surface area contributed by atoms with Crippen LogP contribution in [0.1, 0.15) is 0 Å². The van der Waals surface area contributed by atoms with E-state index in [1.165, 1.54) is 0 Å². The number of alkyl halides is 1. The largest absolute Gasteiger partial charge is 0.611 e. The molecule has 0 bridgehead atoms. The number of hydrogen-bond donors (Lipinski definition) is 0. The fourth-order valence-corrected chi connectivity index (χ4v) is 2.46. The third-order valence-corrected chi connectivity index (χ3v) is 3.93. The molecule has 1 aromatic rings. The van der Waals surface area contributed by atoms with Crippen LogP contribution in [0.5, 0.6) is 11.5 Å². The van der Waals surface area contributed by atoms with E-state index < -0.39 is 11.2 Å². The molecule has 1 aliphatic rings. The second-order valence-corrected chi connectivity index (χ2v) is 5.22. The molecule has 2 rings (SSSR count). The van der Waals surface area contributed by atoms with Gasteiger partial charge in [0.05, 0.1) is 0 Å². The molecule has 0 saturated heterocycles. The van der Waals surface area contributed by atoms with Gasteiger partial charge in [0.1, 0.15) is 0 Å². The van der Waals surface area contributed by atoms with Gasteiger partial charge in [0.2, 0.25) is 6.79 Å². The van der Waals surface area contributed by atoms with Crippen LogP contribution in [0.3, 0.4) is 0 Å². The van der Waals surface area contributed by atoms with Crippen molar-refractivity contribution in [2.24, 2.45) is 0 Å². The highest BCUT2D eigenvalue weighted by Crippen LogP contribution is 2.34. The highest BCUT2D eigenvalue weighted by atomic mass is 79.9. The molecule has 0 saturated carbocycles. The van der Waals surface area contributed by atoms with Crippen LogP contribution in [0.2, 0.25) is 0 Å². The fraction of sp³-hybridized carbons (Fsp3) is 0.250. The van der Waals surface area contributed by atoms with Crippen LogP contribution in [-0.4, -0.2) is 16.0 Å². The lowest BCUT2D eigenvalue weighted by Gasteiger charge is -2.06. The molecule has 0 N–H and O–H groups in total. The minimum absolute atomic E-state index is 0.250. The van der Waals surface area contributed by atoms with Crippen molar-refractivity contribution in [1.29, 1.82) is 0 Å². The minimum atomic E-state index is -1.00. The smallest absolute Gasteiger partial charge is 0.231 e. The lowest BCUT2D eigenvalue weighted by Crippen LogP contribution is -2.01. The summed E-state index contributed by atoms with van der Waals surface area (Å²) in [5.74, 6) is 1.39. The molecule has 0 aromatic heterocycles. The van der Waals surface area contributed by atoms with E-state index in [0.717, 1.165) is 10.6 Å². The lowest BCUT2D eigenvalue weighted by atomic mass is 10.3. The van der Waals surface area contributed by atoms with Gasteiger partial charge in [0.25, 0.3) is 0 Å². The van der Waals surface area contributed by atoms with E-state index in [0.29, 0.717) is 10.4 Å². The molecule has 70 valence electrons. The molecule has 5 heteroatoms. The molecule has 0 amide bonds. The maximum Gasteiger partial charge on any atom is 0.231 e. The topological polar surface area (TPSA) is 41.5 Å². The number of rotatable bonds is 2. The summed E-state index contributed by atoms with van der Waals surface area (Å²) in [6, 6.07) is 5.31. The average molecular weight is 263 g/mol. The van der Waals surface area contributed by atoms with Crippen molar-refractivity contribution in [3.63, 3.8) is 0 Å². The van der Waals surface area contributed by atoms with Crippen molar-refractivity contribution in [1.82, 2.24) is 0 Å². The summed E-state index contributed by atoms with van der Waals surface area (Å²) in [7, 11) is 0. The monoisotopic (exact) mass is 262 g/mol. The fourth-order valence-electron chi connectivity index (χ4n) is 1.08. The average Bonchev–Trinajstić information content (AvgIpc) is 2.63. The van der Waals surface area contributed by atoms with Crippen molar-refractivity contribution in [3.05, 3.63) is 18.2 Å². The summed E-state index contributed by atoms with van der Waals surface area (Å²) < 4.78 is 22.1. The highest BCUT2D eigenvalue weighted by Gasteiger charge is 2.17. The van der Waals surface area contributed by atoms with Gasteiger partial charge in [-0.25, -0.2) is 0 Å². The van der Waals surface area contributed by atoms with Crippen LogP contribution in [-0.2, 0) is 11.2 Å². The van der Waals surface area contributed by atoms with Gasteiger partial charge in [0.15, 0.2) is 21.1 Å². The van der Waals surface area contributed by atoms with Gasteiger partial charge in [-0.2, -0.15) is 0 Å². The van der Waals surface area contributed by atoms with Crippen molar-refractivity contribution in [2.45, 2.75) is 4.90 Å². The molecule has 1 aromatic carbocycles. The molecule has 0 radical (unpaired) electrons. The summed E-state index contributed by atoms with van der Waals surface area (Å²) >= 11 is 2.16. The number of fused-ring (bicyclic) bond motifs is 1. The Morgan fingerprint density at radius 2 is 2.15 bits per heavy atom. The number of halogens is 1. The molecule has 0 fully saturated rings. The van der Waals surface area contributed by atoms with E-state index >= 15 is 0 Å². The maximum absolute atomic E-state index is 11.4. The molecule has 1 atom stereocenters. The molecule has 1 heterocycles. The Balaban J connectivity index is 2.30. The van der Waals surface area contributed by atoms with Gasteiger partial charge in [0, 0.05) is 6.07 Å². The van der Waals surface area contributed by atoms with Crippen LogP contribution >= 0.6 is 15.9 Å². The molecule has 0 spiro atoms. The van der Waals surface area contributed by atoms with Gasteiger partial charge >= 0.3 is 0 Å². The highest BCUT2D eigenvalue weighted by molar-refractivity contribution is 9.10. The molecular weight excluding hydrogens is 256 g/mol. The van der Waals surface area contributed by atoms with Crippen molar-refractivity contribution in [3.8, 4) is 11.5 Å². The Kier molecular flexibility index (Phi) is 2.66. The SMILES string of the molecule is [O-][S+](CBr)c1ccc2c(c1)OCO2. The third kappa shape index (κ3) is 1.77. The van der Waals surface area contributed by atoms with E-state index in [-0.39, 0.29) is 6.79 Å². The van der Waals surface area contributed by atoms with E-state index in [4.69, 9.17) is 9.47 Å². The maximum atomic E-state index is 11.4. The predicted molar refractivity (Wildman–Crippen MR) is 52.8 cm³/mol. The van der Waals surface area contributed by atoms with Gasteiger partial charge in [-0.3, -0.25) is 0 Å². The molecule has 0 aliphatic carbocycles. The first-order chi connectivity index (χ1) is 6.31. The Morgan fingerprint density at radius 1 is 1.38 bits per heavy atom. The van der Waals surface area contributed by atoms with Crippen molar-refractivity contribution in [2.75, 3.05) is 11.5 Å². The van der Waals surface area contributed by atoms with Crippen LogP contribution in [0.25, 0.3) is 0 Å². The third-order valence-electron chi connectivity index (χ3n) is 1.71. The summed E-state index contributed by atoms with van der Waals surface area (Å²) in [6.45, 7) is 0.250. The lowest BCUT2D eigenvalue weighted by molar-refractivity contribution is 0.174. The molecule has 1 unspecified atom stereocenters. The zero-order chi connectivity index (χ0) is 9.26. The van der Waals surface area contributed by atoms with Crippen LogP contribution in [0, 0.1) is 0 Å². The standard InChI is InChI=1S/C8H7BrO3S/c9-4-13(10)6-1-2-7-8(3-6)12-5-11-7/h1-3H,4-5H2. The van der Waals surface area contributed by atoms with E-state index in [9.17, 15) is 4.55 Å². The Morgan fingerprint density at radius 3 is 2.92 bits per heavy atom. The molecule has 3 nitrogen and oxygen atoms in total.